The van der Waals surface area contributed by atoms with Gasteiger partial charge in [-0.1, -0.05) is 94.5 Å². The Morgan fingerprint density at radius 3 is 2.27 bits per heavy atom. The molecule has 0 radical (unpaired) electrons. The molecule has 41 heavy (non-hydrogen) atoms. The average molecular weight is 573 g/mol. The third-order valence-electron chi connectivity index (χ3n) is 9.37. The molecule has 2 aromatic rings. The van der Waals surface area contributed by atoms with E-state index in [-0.39, 0.29) is 30.8 Å². The quantitative estimate of drug-likeness (QED) is 0.236. The number of carbonyl (C=O) groups is 2. The number of aryl methyl sites for hydroxylation is 1. The van der Waals surface area contributed by atoms with Crippen LogP contribution in [0.15, 0.2) is 42.5 Å². The molecule has 2 fully saturated rings. The van der Waals surface area contributed by atoms with Crippen molar-refractivity contribution in [2.45, 2.75) is 96.1 Å². The van der Waals surface area contributed by atoms with Crippen LogP contribution in [0.5, 0.6) is 0 Å². The van der Waals surface area contributed by atoms with Gasteiger partial charge in [-0.15, -0.1) is 0 Å². The molecule has 2 aliphatic carbocycles. The van der Waals surface area contributed by atoms with Gasteiger partial charge in [-0.25, -0.2) is 4.79 Å². The average Bonchev–Trinajstić information content (AvgIpc) is 2.98. The van der Waals surface area contributed by atoms with E-state index in [1.165, 1.54) is 70.6 Å². The Balaban J connectivity index is 0.00000462. The van der Waals surface area contributed by atoms with Crippen molar-refractivity contribution in [3.63, 3.8) is 0 Å². The molecule has 2 aromatic carbocycles. The maximum atomic E-state index is 13.5. The van der Waals surface area contributed by atoms with Crippen LogP contribution in [0, 0.1) is 24.7 Å². The van der Waals surface area contributed by atoms with E-state index < -0.39 is 12.0 Å². The van der Waals surface area contributed by atoms with Crippen molar-refractivity contribution in [1.29, 1.82) is 0 Å². The van der Waals surface area contributed by atoms with Crippen LogP contribution in [-0.4, -0.2) is 53.9 Å². The van der Waals surface area contributed by atoms with Crippen LogP contribution in [0.25, 0.3) is 11.1 Å². The molecule has 0 bridgehead atoms. The molecule has 2 saturated carbocycles. The van der Waals surface area contributed by atoms with E-state index in [1.54, 1.807) is 11.8 Å². The van der Waals surface area contributed by atoms with Crippen LogP contribution < -0.4 is 11.1 Å². The van der Waals surface area contributed by atoms with Crippen LogP contribution in [0.4, 0.5) is 0 Å². The van der Waals surface area contributed by atoms with Crippen LogP contribution in [0.1, 0.15) is 105 Å². The number of hydrogen-bond acceptors (Lipinski definition) is 4. The topological polar surface area (TPSA) is 92.4 Å². The van der Waals surface area contributed by atoms with Crippen molar-refractivity contribution >= 4 is 42.5 Å². The molecular weight excluding hydrogens is 523 g/mol. The summed E-state index contributed by atoms with van der Waals surface area (Å²) in [7, 11) is 0. The fourth-order valence-corrected chi connectivity index (χ4v) is 7.52. The third-order valence-corrected chi connectivity index (χ3v) is 10.0. The number of nitrogens with one attached hydrogen (secondary N) is 1. The molecular formula is C34H49LiN2O3S. The molecule has 0 heterocycles. The molecule has 0 spiro atoms. The second-order valence-electron chi connectivity index (χ2n) is 12.1. The van der Waals surface area contributed by atoms with Crippen molar-refractivity contribution in [2.75, 3.05) is 12.0 Å². The van der Waals surface area contributed by atoms with Crippen LogP contribution in [0.2, 0.25) is 0 Å². The van der Waals surface area contributed by atoms with Crippen LogP contribution in [0.3, 0.4) is 0 Å². The molecule has 2 aliphatic rings. The van der Waals surface area contributed by atoms with Gasteiger partial charge in [-0.2, -0.15) is 11.8 Å². The van der Waals surface area contributed by atoms with Gasteiger partial charge in [0.2, 0.25) is 0 Å². The fraction of sp³-hybridized carbons (Fsp3) is 0.588. The first kappa shape index (κ1) is 33.8. The predicted molar refractivity (Wildman–Crippen MR) is 174 cm³/mol. The van der Waals surface area contributed by atoms with Crippen molar-refractivity contribution in [1.82, 2.24) is 5.32 Å². The number of hydrogen-bond donors (Lipinski definition) is 3. The van der Waals surface area contributed by atoms with Crippen molar-refractivity contribution < 1.29 is 14.7 Å². The summed E-state index contributed by atoms with van der Waals surface area (Å²) < 4.78 is 0. The van der Waals surface area contributed by atoms with E-state index in [4.69, 9.17) is 5.73 Å². The number of rotatable bonds is 12. The molecule has 3 unspecified atom stereocenters. The Bertz CT molecular complexity index is 1130. The van der Waals surface area contributed by atoms with E-state index in [9.17, 15) is 14.7 Å². The first-order valence-electron chi connectivity index (χ1n) is 15.4. The first-order valence-corrected chi connectivity index (χ1v) is 16.8. The van der Waals surface area contributed by atoms with E-state index in [0.717, 1.165) is 28.2 Å². The zero-order chi connectivity index (χ0) is 28.5. The van der Waals surface area contributed by atoms with Crippen LogP contribution >= 0.6 is 11.8 Å². The molecule has 5 nitrogen and oxygen atoms in total. The van der Waals surface area contributed by atoms with Gasteiger partial charge in [-0.3, -0.25) is 4.79 Å². The Morgan fingerprint density at radius 2 is 1.63 bits per heavy atom. The predicted octanol–water partition coefficient (Wildman–Crippen LogP) is 7.12. The van der Waals surface area contributed by atoms with E-state index in [2.05, 4.69) is 24.4 Å². The second kappa shape index (κ2) is 16.8. The monoisotopic (exact) mass is 572 g/mol. The van der Waals surface area contributed by atoms with Crippen molar-refractivity contribution in [3.05, 3.63) is 59.2 Å². The number of carboxylic acids is 1. The van der Waals surface area contributed by atoms with Crippen molar-refractivity contribution in [2.24, 2.45) is 23.5 Å². The number of nitrogens with two attached hydrogens (primary N) is 1. The SMILES string of the molecule is CSCCC(NC(=O)c1ccc(C(N)C(CC2CCCCC2)C2CCCCC2)cc1-c1ccccc1C)C(=O)O.[LiH]. The van der Waals surface area contributed by atoms with Gasteiger partial charge in [0.15, 0.2) is 0 Å². The Labute approximate surface area is 263 Å². The molecule has 0 aliphatic heterocycles. The second-order valence-corrected chi connectivity index (χ2v) is 13.1. The Hall–Kier alpha value is -1.71. The van der Waals surface area contributed by atoms with Crippen LogP contribution in [-0.2, 0) is 4.79 Å². The number of amides is 1. The molecule has 7 heteroatoms. The summed E-state index contributed by atoms with van der Waals surface area (Å²) in [5, 5.41) is 12.5. The van der Waals surface area contributed by atoms with E-state index in [1.807, 2.05) is 36.6 Å². The summed E-state index contributed by atoms with van der Waals surface area (Å²) >= 11 is 1.58. The molecule has 4 N–H and O–H groups in total. The van der Waals surface area contributed by atoms with Gasteiger partial charge in [0.1, 0.15) is 6.04 Å². The van der Waals surface area contributed by atoms with Gasteiger partial charge in [0, 0.05) is 11.6 Å². The van der Waals surface area contributed by atoms with Gasteiger partial charge in [-0.05, 0) is 83.9 Å². The fourth-order valence-electron chi connectivity index (χ4n) is 7.04. The number of benzene rings is 2. The summed E-state index contributed by atoms with van der Waals surface area (Å²) in [6.45, 7) is 2.05. The van der Waals surface area contributed by atoms with Gasteiger partial charge in [0.25, 0.3) is 5.91 Å². The summed E-state index contributed by atoms with van der Waals surface area (Å²) in [5.74, 6) is 1.18. The summed E-state index contributed by atoms with van der Waals surface area (Å²) in [6.07, 6.45) is 16.7. The molecule has 4 rings (SSSR count). The number of carboxylic acid groups (broad SMARTS) is 1. The zero-order valence-corrected chi connectivity index (χ0v) is 25.2. The van der Waals surface area contributed by atoms with Crippen molar-refractivity contribution in [3.8, 4) is 11.1 Å². The molecule has 0 saturated heterocycles. The van der Waals surface area contributed by atoms with Gasteiger partial charge in [0.05, 0.1) is 0 Å². The molecule has 1 amide bonds. The summed E-state index contributed by atoms with van der Waals surface area (Å²) in [5.41, 5.74) is 11.7. The standard InChI is InChI=1S/C34H48N2O3S.Li.H/c1-23-11-9-10-16-27(23)30-22-26(17-18-28(30)33(37)36-31(34(38)39)19-20-40-2)32(35)29(25-14-7-4-8-15-25)21-24-12-5-3-6-13-24;;/h9-11,16-18,22,24-25,29,31-32H,3-8,12-15,19-21,35H2,1-2H3,(H,36,37)(H,38,39);;. The zero-order valence-electron chi connectivity index (χ0n) is 24.4. The Kier molecular flexibility index (Phi) is 13.8. The normalized spacial score (nSPS) is 18.6. The van der Waals surface area contributed by atoms with E-state index >= 15 is 0 Å². The Morgan fingerprint density at radius 1 is 0.976 bits per heavy atom. The minimum absolute atomic E-state index is 0. The summed E-state index contributed by atoms with van der Waals surface area (Å²) in [6, 6.07) is 13.1. The summed E-state index contributed by atoms with van der Waals surface area (Å²) in [4.78, 5) is 25.4. The number of thioether (sulfide) groups is 1. The first-order chi connectivity index (χ1) is 19.4. The third kappa shape index (κ3) is 9.14. The number of aliphatic carboxylic acids is 1. The maximum absolute atomic E-state index is 13.5. The minimum atomic E-state index is -1.00. The molecule has 220 valence electrons. The van der Waals surface area contributed by atoms with Gasteiger partial charge >= 0.3 is 24.8 Å². The molecule has 0 aromatic heterocycles. The van der Waals surface area contributed by atoms with Gasteiger partial charge < -0.3 is 16.2 Å². The molecule has 3 atom stereocenters. The number of carbonyl (C=O) groups excluding carboxylic acids is 1. The van der Waals surface area contributed by atoms with E-state index in [0.29, 0.717) is 29.6 Å².